The van der Waals surface area contributed by atoms with Crippen LogP contribution in [0.5, 0.6) is 5.75 Å². The molecular weight excluding hydrogens is 392 g/mol. The Labute approximate surface area is 169 Å². The third kappa shape index (κ3) is 5.66. The van der Waals surface area contributed by atoms with E-state index in [-0.39, 0.29) is 23.8 Å². The summed E-state index contributed by atoms with van der Waals surface area (Å²) in [6.07, 6.45) is 1.72. The van der Waals surface area contributed by atoms with E-state index in [4.69, 9.17) is 4.74 Å². The van der Waals surface area contributed by atoms with Gasteiger partial charge in [-0.1, -0.05) is 18.2 Å². The fourth-order valence-electron chi connectivity index (χ4n) is 2.58. The highest BCUT2D eigenvalue weighted by Crippen LogP contribution is 2.16. The van der Waals surface area contributed by atoms with Crippen molar-refractivity contribution in [3.8, 4) is 11.4 Å². The molecule has 3 aromatic rings. The number of benzene rings is 2. The van der Waals surface area contributed by atoms with Gasteiger partial charge in [-0.15, -0.1) is 0 Å². The van der Waals surface area contributed by atoms with Crippen LogP contribution >= 0.6 is 0 Å². The molecule has 0 spiro atoms. The molecule has 0 saturated carbocycles. The van der Waals surface area contributed by atoms with Gasteiger partial charge in [-0.05, 0) is 43.3 Å². The van der Waals surface area contributed by atoms with Crippen LogP contribution in [-0.4, -0.2) is 37.3 Å². The van der Waals surface area contributed by atoms with E-state index in [0.29, 0.717) is 18.2 Å². The van der Waals surface area contributed by atoms with Crippen LogP contribution in [0.1, 0.15) is 13.3 Å². The minimum Gasteiger partial charge on any atom is -0.494 e. The minimum absolute atomic E-state index is 0.0194. The van der Waals surface area contributed by atoms with Crippen molar-refractivity contribution in [3.63, 3.8) is 0 Å². The predicted molar refractivity (Wildman–Crippen MR) is 110 cm³/mol. The number of carbonyl (C=O) groups excluding carboxylic acids is 1. The van der Waals surface area contributed by atoms with Crippen molar-refractivity contribution in [2.75, 3.05) is 18.5 Å². The van der Waals surface area contributed by atoms with Crippen LogP contribution < -0.4 is 14.8 Å². The van der Waals surface area contributed by atoms with Crippen LogP contribution in [0.2, 0.25) is 0 Å². The highest BCUT2D eigenvalue weighted by Gasteiger charge is 2.14. The summed E-state index contributed by atoms with van der Waals surface area (Å²) in [5, 5.41) is 6.94. The molecule has 0 saturated heterocycles. The lowest BCUT2D eigenvalue weighted by Crippen LogP contribution is -2.27. The highest BCUT2D eigenvalue weighted by atomic mass is 32.2. The summed E-state index contributed by atoms with van der Waals surface area (Å²) < 4.78 is 34.0. The van der Waals surface area contributed by atoms with Crippen LogP contribution in [0.15, 0.2) is 71.8 Å². The molecule has 0 fully saturated rings. The molecule has 0 aliphatic rings. The van der Waals surface area contributed by atoms with Crippen molar-refractivity contribution in [2.24, 2.45) is 0 Å². The van der Waals surface area contributed by atoms with E-state index < -0.39 is 10.0 Å². The standard InChI is InChI=1S/C20H22N4O4S/c1-2-28-17-8-10-18(11-9-17)29(26,27)21-14-12-20(25)22-19-13-15-24(23-19)16-6-4-3-5-7-16/h3-11,13,15,21H,2,12,14H2,1H3,(H,22,23,25). The molecule has 29 heavy (non-hydrogen) atoms. The van der Waals surface area contributed by atoms with Crippen LogP contribution in [0, 0.1) is 0 Å². The number of amides is 1. The monoisotopic (exact) mass is 414 g/mol. The van der Waals surface area contributed by atoms with Crippen molar-refractivity contribution in [2.45, 2.75) is 18.2 Å². The summed E-state index contributed by atoms with van der Waals surface area (Å²) in [5.41, 5.74) is 0.871. The van der Waals surface area contributed by atoms with Gasteiger partial charge in [-0.25, -0.2) is 17.8 Å². The van der Waals surface area contributed by atoms with Crippen molar-refractivity contribution in [3.05, 3.63) is 66.9 Å². The molecule has 152 valence electrons. The normalized spacial score (nSPS) is 11.2. The Morgan fingerprint density at radius 1 is 1.07 bits per heavy atom. The van der Waals surface area contributed by atoms with Gasteiger partial charge in [0.2, 0.25) is 15.9 Å². The summed E-state index contributed by atoms with van der Waals surface area (Å²) in [7, 11) is -3.70. The van der Waals surface area contributed by atoms with Gasteiger partial charge in [0.05, 0.1) is 17.2 Å². The third-order valence-corrected chi connectivity index (χ3v) is 5.44. The molecule has 0 aliphatic carbocycles. The average molecular weight is 414 g/mol. The minimum atomic E-state index is -3.70. The average Bonchev–Trinajstić information content (AvgIpc) is 3.17. The maximum atomic E-state index is 12.3. The van der Waals surface area contributed by atoms with E-state index in [2.05, 4.69) is 15.1 Å². The first kappa shape index (κ1) is 20.6. The number of nitrogens with one attached hydrogen (secondary N) is 2. The number of anilines is 1. The number of carbonyl (C=O) groups is 1. The van der Waals surface area contributed by atoms with Gasteiger partial charge >= 0.3 is 0 Å². The van der Waals surface area contributed by atoms with Gasteiger partial charge in [-0.3, -0.25) is 4.79 Å². The molecule has 3 rings (SSSR count). The van der Waals surface area contributed by atoms with Crippen LogP contribution in [-0.2, 0) is 14.8 Å². The number of hydrogen-bond acceptors (Lipinski definition) is 5. The topological polar surface area (TPSA) is 102 Å². The second-order valence-corrected chi connectivity index (χ2v) is 7.85. The van der Waals surface area contributed by atoms with E-state index in [9.17, 15) is 13.2 Å². The first-order valence-corrected chi connectivity index (χ1v) is 10.6. The van der Waals surface area contributed by atoms with Crippen molar-refractivity contribution in [1.82, 2.24) is 14.5 Å². The largest absolute Gasteiger partial charge is 0.494 e. The van der Waals surface area contributed by atoms with E-state index >= 15 is 0 Å². The molecule has 2 N–H and O–H groups in total. The summed E-state index contributed by atoms with van der Waals surface area (Å²) in [5.74, 6) is 0.659. The maximum Gasteiger partial charge on any atom is 0.240 e. The number of nitrogens with zero attached hydrogens (tertiary/aromatic N) is 2. The van der Waals surface area contributed by atoms with Crippen molar-refractivity contribution >= 4 is 21.7 Å². The van der Waals surface area contributed by atoms with Crippen LogP contribution in [0.3, 0.4) is 0 Å². The second-order valence-electron chi connectivity index (χ2n) is 6.08. The Balaban J connectivity index is 1.50. The predicted octanol–water partition coefficient (Wildman–Crippen LogP) is 2.58. The van der Waals surface area contributed by atoms with Gasteiger partial charge in [0.1, 0.15) is 5.75 Å². The first-order valence-electron chi connectivity index (χ1n) is 9.11. The molecule has 9 heteroatoms. The highest BCUT2D eigenvalue weighted by molar-refractivity contribution is 7.89. The Morgan fingerprint density at radius 3 is 2.48 bits per heavy atom. The molecule has 0 aliphatic heterocycles. The molecule has 1 heterocycles. The van der Waals surface area contributed by atoms with Crippen LogP contribution in [0.25, 0.3) is 5.69 Å². The molecule has 0 radical (unpaired) electrons. The lowest BCUT2D eigenvalue weighted by molar-refractivity contribution is -0.116. The van der Waals surface area contributed by atoms with E-state index in [1.807, 2.05) is 37.3 Å². The van der Waals surface area contributed by atoms with E-state index in [0.717, 1.165) is 5.69 Å². The Hall–Kier alpha value is -3.17. The molecule has 2 aromatic carbocycles. The van der Waals surface area contributed by atoms with Crippen molar-refractivity contribution in [1.29, 1.82) is 0 Å². The SMILES string of the molecule is CCOc1ccc(S(=O)(=O)NCCC(=O)Nc2ccn(-c3ccccc3)n2)cc1. The lowest BCUT2D eigenvalue weighted by Gasteiger charge is -2.08. The zero-order chi connectivity index (χ0) is 20.7. The summed E-state index contributed by atoms with van der Waals surface area (Å²) >= 11 is 0. The number of sulfonamides is 1. The van der Waals surface area contributed by atoms with Gasteiger partial charge < -0.3 is 10.1 Å². The fraction of sp³-hybridized carbons (Fsp3) is 0.200. The van der Waals surface area contributed by atoms with Gasteiger partial charge in [0.15, 0.2) is 5.82 Å². The zero-order valence-corrected chi connectivity index (χ0v) is 16.7. The summed E-state index contributed by atoms with van der Waals surface area (Å²) in [6.45, 7) is 2.33. The van der Waals surface area contributed by atoms with E-state index in [1.54, 1.807) is 29.1 Å². The summed E-state index contributed by atoms with van der Waals surface area (Å²) in [6, 6.07) is 17.3. The third-order valence-electron chi connectivity index (χ3n) is 3.97. The number of ether oxygens (including phenoxy) is 1. The van der Waals surface area contributed by atoms with Crippen LogP contribution in [0.4, 0.5) is 5.82 Å². The lowest BCUT2D eigenvalue weighted by atomic mass is 10.3. The number of aromatic nitrogens is 2. The summed E-state index contributed by atoms with van der Waals surface area (Å²) in [4.78, 5) is 12.2. The molecule has 0 unspecified atom stereocenters. The quantitative estimate of drug-likeness (QED) is 0.560. The number of hydrogen-bond donors (Lipinski definition) is 2. The van der Waals surface area contributed by atoms with E-state index in [1.165, 1.54) is 12.1 Å². The molecular formula is C20H22N4O4S. The Bertz CT molecular complexity index is 1050. The number of para-hydroxylation sites is 1. The fourth-order valence-corrected chi connectivity index (χ4v) is 3.62. The van der Waals surface area contributed by atoms with Crippen molar-refractivity contribution < 1.29 is 17.9 Å². The van der Waals surface area contributed by atoms with Gasteiger partial charge in [0.25, 0.3) is 0 Å². The number of rotatable bonds is 9. The second kappa shape index (κ2) is 9.35. The Morgan fingerprint density at radius 2 is 1.79 bits per heavy atom. The smallest absolute Gasteiger partial charge is 0.240 e. The maximum absolute atomic E-state index is 12.3. The molecule has 8 nitrogen and oxygen atoms in total. The molecule has 1 aromatic heterocycles. The molecule has 0 atom stereocenters. The zero-order valence-electron chi connectivity index (χ0n) is 15.9. The molecule has 0 bridgehead atoms. The molecule has 1 amide bonds. The first-order chi connectivity index (χ1) is 14.0. The van der Waals surface area contributed by atoms with Gasteiger partial charge in [-0.2, -0.15) is 5.10 Å². The van der Waals surface area contributed by atoms with Gasteiger partial charge in [0, 0.05) is 25.2 Å². The Kier molecular flexibility index (Phi) is 6.63.